The number of amides is 2. The molecule has 2 amide bonds. The first-order valence-electron chi connectivity index (χ1n) is 10.5. The molecule has 1 saturated carbocycles. The SMILES string of the molecule is C#Cc1nc(NC(=O)N[C@@H](CS(C)(=O)=O)c2ccc(-c3cccnc3C3(C#N)CC3)c(Cl)c2)cs1. The molecular weight excluding hydrogens is 506 g/mol. The van der Waals surface area contributed by atoms with E-state index in [1.165, 1.54) is 11.3 Å². The Hall–Kier alpha value is -3.44. The molecule has 2 N–H and O–H groups in total. The van der Waals surface area contributed by atoms with Crippen LogP contribution in [0.5, 0.6) is 0 Å². The van der Waals surface area contributed by atoms with Gasteiger partial charge in [0.1, 0.15) is 21.1 Å². The monoisotopic (exact) mass is 525 g/mol. The van der Waals surface area contributed by atoms with Gasteiger partial charge in [-0.3, -0.25) is 10.3 Å². The van der Waals surface area contributed by atoms with Crippen molar-refractivity contribution in [3.8, 4) is 29.5 Å². The third-order valence-corrected chi connectivity index (χ3v) is 7.58. The number of aromatic nitrogens is 2. The highest BCUT2D eigenvalue weighted by atomic mass is 35.5. The summed E-state index contributed by atoms with van der Waals surface area (Å²) in [5, 5.41) is 17.2. The number of nitrogens with zero attached hydrogens (tertiary/aromatic N) is 3. The van der Waals surface area contributed by atoms with Crippen LogP contribution in [-0.4, -0.2) is 36.4 Å². The number of benzene rings is 1. The number of urea groups is 1. The Morgan fingerprint density at radius 1 is 1.34 bits per heavy atom. The molecule has 1 aromatic carbocycles. The lowest BCUT2D eigenvalue weighted by Crippen LogP contribution is -2.36. The van der Waals surface area contributed by atoms with Crippen LogP contribution < -0.4 is 10.6 Å². The van der Waals surface area contributed by atoms with E-state index in [4.69, 9.17) is 18.0 Å². The van der Waals surface area contributed by atoms with Crippen molar-refractivity contribution in [1.82, 2.24) is 15.3 Å². The Kier molecular flexibility index (Phi) is 6.82. The average Bonchev–Trinajstić information content (AvgIpc) is 3.49. The fourth-order valence-corrected chi connectivity index (χ4v) is 5.46. The van der Waals surface area contributed by atoms with E-state index in [0.29, 0.717) is 26.9 Å². The molecule has 4 rings (SSSR count). The van der Waals surface area contributed by atoms with Crippen LogP contribution >= 0.6 is 22.9 Å². The number of pyridine rings is 1. The van der Waals surface area contributed by atoms with Crippen LogP contribution in [0, 0.1) is 23.7 Å². The highest BCUT2D eigenvalue weighted by Gasteiger charge is 2.47. The summed E-state index contributed by atoms with van der Waals surface area (Å²) in [5.74, 6) is 2.31. The zero-order chi connectivity index (χ0) is 25.2. The van der Waals surface area contributed by atoms with E-state index < -0.39 is 27.3 Å². The van der Waals surface area contributed by atoms with Crippen LogP contribution in [0.4, 0.5) is 10.6 Å². The van der Waals surface area contributed by atoms with Crippen LogP contribution in [-0.2, 0) is 15.3 Å². The van der Waals surface area contributed by atoms with Crippen LogP contribution in [0.2, 0.25) is 5.02 Å². The summed E-state index contributed by atoms with van der Waals surface area (Å²) in [7, 11) is -3.46. The Morgan fingerprint density at radius 2 is 2.11 bits per heavy atom. The lowest BCUT2D eigenvalue weighted by atomic mass is 9.93. The Morgan fingerprint density at radius 3 is 2.71 bits per heavy atom. The van der Waals surface area contributed by atoms with Gasteiger partial charge in [-0.15, -0.1) is 17.8 Å². The minimum atomic E-state index is -3.46. The molecule has 0 spiro atoms. The molecule has 2 heterocycles. The fourth-order valence-electron chi connectivity index (χ4n) is 3.73. The number of hydrogen-bond acceptors (Lipinski definition) is 7. The molecule has 2 aromatic heterocycles. The number of carbonyl (C=O) groups excluding carboxylic acids is 1. The van der Waals surface area contributed by atoms with Gasteiger partial charge in [0.2, 0.25) is 0 Å². The number of thiazole rings is 1. The number of sulfone groups is 1. The maximum Gasteiger partial charge on any atom is 0.320 e. The molecule has 35 heavy (non-hydrogen) atoms. The number of anilines is 1. The second kappa shape index (κ2) is 9.67. The molecule has 0 bridgehead atoms. The van der Waals surface area contributed by atoms with Gasteiger partial charge in [-0.2, -0.15) is 5.26 Å². The van der Waals surface area contributed by atoms with Crippen molar-refractivity contribution in [1.29, 1.82) is 5.26 Å². The number of halogens is 1. The molecule has 1 fully saturated rings. The van der Waals surface area contributed by atoms with Crippen molar-refractivity contribution in [3.63, 3.8) is 0 Å². The number of hydrogen-bond donors (Lipinski definition) is 2. The van der Waals surface area contributed by atoms with E-state index >= 15 is 0 Å². The minimum Gasteiger partial charge on any atom is -0.330 e. The van der Waals surface area contributed by atoms with Crippen molar-refractivity contribution in [2.75, 3.05) is 17.3 Å². The number of nitrogens with one attached hydrogen (secondary N) is 2. The van der Waals surface area contributed by atoms with Crippen molar-refractivity contribution in [2.45, 2.75) is 24.3 Å². The van der Waals surface area contributed by atoms with Gasteiger partial charge in [-0.1, -0.05) is 29.8 Å². The maximum atomic E-state index is 12.6. The Labute approximate surface area is 212 Å². The molecule has 0 unspecified atom stereocenters. The summed E-state index contributed by atoms with van der Waals surface area (Å²) in [6, 6.07) is 9.57. The van der Waals surface area contributed by atoms with Gasteiger partial charge in [0, 0.05) is 34.0 Å². The quantitative estimate of drug-likeness (QED) is 0.443. The summed E-state index contributed by atoms with van der Waals surface area (Å²) < 4.78 is 24.2. The number of terminal acetylenes is 1. The second-order valence-electron chi connectivity index (χ2n) is 8.26. The lowest BCUT2D eigenvalue weighted by molar-refractivity contribution is 0.249. The van der Waals surface area contributed by atoms with Crippen LogP contribution in [0.25, 0.3) is 11.1 Å². The zero-order valence-electron chi connectivity index (χ0n) is 18.6. The molecule has 0 aliphatic heterocycles. The highest BCUT2D eigenvalue weighted by molar-refractivity contribution is 7.90. The van der Waals surface area contributed by atoms with Crippen molar-refractivity contribution >= 4 is 44.6 Å². The molecule has 1 atom stereocenters. The number of rotatable bonds is 7. The third kappa shape index (κ3) is 5.63. The predicted molar refractivity (Wildman–Crippen MR) is 136 cm³/mol. The van der Waals surface area contributed by atoms with Crippen LogP contribution in [0.15, 0.2) is 41.9 Å². The van der Waals surface area contributed by atoms with Crippen molar-refractivity contribution < 1.29 is 13.2 Å². The molecule has 1 aliphatic carbocycles. The van der Waals surface area contributed by atoms with Crippen molar-refractivity contribution in [3.05, 3.63) is 63.2 Å². The fraction of sp³-hybridized carbons (Fsp3) is 0.250. The van der Waals surface area contributed by atoms with Gasteiger partial charge in [0.25, 0.3) is 0 Å². The van der Waals surface area contributed by atoms with E-state index in [9.17, 15) is 18.5 Å². The first-order valence-corrected chi connectivity index (χ1v) is 13.8. The van der Waals surface area contributed by atoms with Gasteiger partial charge >= 0.3 is 6.03 Å². The molecule has 1 aliphatic rings. The maximum absolute atomic E-state index is 12.6. The first-order chi connectivity index (χ1) is 16.6. The molecular formula is C24H20ClN5O3S2. The second-order valence-corrected chi connectivity index (χ2v) is 11.7. The van der Waals surface area contributed by atoms with E-state index in [2.05, 4.69) is 32.6 Å². The summed E-state index contributed by atoms with van der Waals surface area (Å²) in [5.41, 5.74) is 2.00. The van der Waals surface area contributed by atoms with Gasteiger partial charge < -0.3 is 5.32 Å². The Bertz CT molecular complexity index is 1480. The normalized spacial score (nSPS) is 14.9. The summed E-state index contributed by atoms with van der Waals surface area (Å²) >= 11 is 7.83. The first kappa shape index (κ1) is 24.7. The minimum absolute atomic E-state index is 0.266. The molecule has 3 aromatic rings. The smallest absolute Gasteiger partial charge is 0.320 e. The highest BCUT2D eigenvalue weighted by Crippen LogP contribution is 2.50. The van der Waals surface area contributed by atoms with Crippen LogP contribution in [0.1, 0.15) is 35.1 Å². The largest absolute Gasteiger partial charge is 0.330 e. The molecule has 11 heteroatoms. The number of carbonyl (C=O) groups is 1. The third-order valence-electron chi connectivity index (χ3n) is 5.55. The standard InChI is InChI=1S/C24H20ClN5O3S2/c1-3-21-29-20(12-34-21)30-23(31)28-19(13-35(2,32)33)15-6-7-16(18(25)11-15)17-5-4-10-27-22(17)24(14-26)8-9-24/h1,4-7,10-12,19H,8-9,13H2,2H3,(H2,28,30,31)/t19-/m0/s1. The predicted octanol–water partition coefficient (Wildman–Crippen LogP) is 4.30. The van der Waals surface area contributed by atoms with Gasteiger partial charge in [0.05, 0.1) is 23.6 Å². The average molecular weight is 526 g/mol. The summed E-state index contributed by atoms with van der Waals surface area (Å²) in [4.78, 5) is 21.1. The summed E-state index contributed by atoms with van der Waals surface area (Å²) in [6.07, 6.45) is 9.52. The molecule has 0 saturated heterocycles. The van der Waals surface area contributed by atoms with E-state index in [0.717, 1.165) is 24.7 Å². The van der Waals surface area contributed by atoms with E-state index in [1.807, 2.05) is 6.07 Å². The van der Waals surface area contributed by atoms with Gasteiger partial charge in [0.15, 0.2) is 5.01 Å². The van der Waals surface area contributed by atoms with E-state index in [1.54, 1.807) is 35.8 Å². The molecule has 0 radical (unpaired) electrons. The topological polar surface area (TPSA) is 125 Å². The van der Waals surface area contributed by atoms with Crippen LogP contribution in [0.3, 0.4) is 0 Å². The van der Waals surface area contributed by atoms with Gasteiger partial charge in [-0.25, -0.2) is 18.2 Å². The molecule has 178 valence electrons. The lowest BCUT2D eigenvalue weighted by Gasteiger charge is -2.20. The van der Waals surface area contributed by atoms with Crippen molar-refractivity contribution in [2.24, 2.45) is 0 Å². The zero-order valence-corrected chi connectivity index (χ0v) is 21.0. The Balaban J connectivity index is 1.62. The van der Waals surface area contributed by atoms with Gasteiger partial charge in [-0.05, 0) is 36.5 Å². The molecule has 8 nitrogen and oxygen atoms in total. The summed E-state index contributed by atoms with van der Waals surface area (Å²) in [6.45, 7) is 0. The van der Waals surface area contributed by atoms with E-state index in [-0.39, 0.29) is 11.6 Å². The number of nitriles is 1.